The van der Waals surface area contributed by atoms with Crippen molar-refractivity contribution in [2.75, 3.05) is 5.32 Å². The fourth-order valence-electron chi connectivity index (χ4n) is 2.28. The Kier molecular flexibility index (Phi) is 6.24. The molecule has 0 saturated heterocycles. The lowest BCUT2D eigenvalue weighted by Crippen LogP contribution is -2.00. The summed E-state index contributed by atoms with van der Waals surface area (Å²) in [6, 6.07) is 21.4. The molecule has 0 fully saturated rings. The van der Waals surface area contributed by atoms with E-state index in [1.54, 1.807) is 0 Å². The molecule has 0 aromatic heterocycles. The molecular formula is C20H16BrCl2NO. The van der Waals surface area contributed by atoms with Gasteiger partial charge in [-0.05, 0) is 59.7 Å². The number of halogens is 3. The summed E-state index contributed by atoms with van der Waals surface area (Å²) in [5.41, 5.74) is 3.19. The SMILES string of the molecule is Clc1ccc(COc2ccc(CNc3ccc(Br)cc3)cc2Cl)cc1. The lowest BCUT2D eigenvalue weighted by atomic mass is 10.2. The first-order chi connectivity index (χ1) is 12.1. The van der Waals surface area contributed by atoms with E-state index in [9.17, 15) is 0 Å². The predicted molar refractivity (Wildman–Crippen MR) is 109 cm³/mol. The van der Waals surface area contributed by atoms with Crippen molar-refractivity contribution in [2.45, 2.75) is 13.2 Å². The number of benzene rings is 3. The van der Waals surface area contributed by atoms with Crippen LogP contribution in [0.2, 0.25) is 10.0 Å². The van der Waals surface area contributed by atoms with Gasteiger partial charge in [-0.1, -0.05) is 57.3 Å². The highest BCUT2D eigenvalue weighted by atomic mass is 79.9. The van der Waals surface area contributed by atoms with E-state index < -0.39 is 0 Å². The molecule has 3 rings (SSSR count). The van der Waals surface area contributed by atoms with Gasteiger partial charge in [0, 0.05) is 21.7 Å². The van der Waals surface area contributed by atoms with Crippen molar-refractivity contribution in [1.82, 2.24) is 0 Å². The Labute approximate surface area is 165 Å². The summed E-state index contributed by atoms with van der Waals surface area (Å²) >= 11 is 15.7. The molecule has 25 heavy (non-hydrogen) atoms. The van der Waals surface area contributed by atoms with Crippen LogP contribution in [0.3, 0.4) is 0 Å². The van der Waals surface area contributed by atoms with Crippen LogP contribution in [-0.4, -0.2) is 0 Å². The highest BCUT2D eigenvalue weighted by Crippen LogP contribution is 2.27. The van der Waals surface area contributed by atoms with Crippen molar-refractivity contribution in [2.24, 2.45) is 0 Å². The molecule has 0 radical (unpaired) electrons. The van der Waals surface area contributed by atoms with Crippen molar-refractivity contribution < 1.29 is 4.74 Å². The van der Waals surface area contributed by atoms with E-state index in [1.807, 2.05) is 66.7 Å². The number of ether oxygens (including phenoxy) is 1. The Morgan fingerprint density at radius 2 is 1.52 bits per heavy atom. The quantitative estimate of drug-likeness (QED) is 0.451. The average molecular weight is 437 g/mol. The molecule has 5 heteroatoms. The van der Waals surface area contributed by atoms with E-state index in [0.717, 1.165) is 21.3 Å². The maximum atomic E-state index is 6.34. The van der Waals surface area contributed by atoms with Gasteiger partial charge in [-0.25, -0.2) is 0 Å². The van der Waals surface area contributed by atoms with E-state index in [4.69, 9.17) is 27.9 Å². The second-order valence-corrected chi connectivity index (χ2v) is 7.30. The molecule has 0 aliphatic rings. The molecule has 1 N–H and O–H groups in total. The molecule has 0 heterocycles. The Balaban J connectivity index is 1.58. The Morgan fingerprint density at radius 1 is 0.840 bits per heavy atom. The Morgan fingerprint density at radius 3 is 2.20 bits per heavy atom. The molecule has 3 aromatic carbocycles. The van der Waals surface area contributed by atoms with Crippen LogP contribution >= 0.6 is 39.1 Å². The van der Waals surface area contributed by atoms with Crippen LogP contribution in [0, 0.1) is 0 Å². The van der Waals surface area contributed by atoms with Crippen molar-refractivity contribution in [3.63, 3.8) is 0 Å². The highest BCUT2D eigenvalue weighted by Gasteiger charge is 2.04. The van der Waals surface area contributed by atoms with E-state index in [2.05, 4.69) is 21.2 Å². The largest absolute Gasteiger partial charge is 0.487 e. The summed E-state index contributed by atoms with van der Waals surface area (Å²) < 4.78 is 6.85. The van der Waals surface area contributed by atoms with Gasteiger partial charge in [-0.3, -0.25) is 0 Å². The summed E-state index contributed by atoms with van der Waals surface area (Å²) in [6.45, 7) is 1.15. The first kappa shape index (κ1) is 18.1. The molecule has 0 amide bonds. The van der Waals surface area contributed by atoms with Gasteiger partial charge < -0.3 is 10.1 Å². The standard InChI is InChI=1S/C20H16BrCl2NO/c21-16-4-8-18(9-5-16)24-12-15-3-10-20(19(23)11-15)25-13-14-1-6-17(22)7-2-14/h1-11,24H,12-13H2. The van der Waals surface area contributed by atoms with Crippen LogP contribution in [0.1, 0.15) is 11.1 Å². The molecule has 0 unspecified atom stereocenters. The van der Waals surface area contributed by atoms with Crippen LogP contribution in [0.4, 0.5) is 5.69 Å². The zero-order valence-corrected chi connectivity index (χ0v) is 16.4. The van der Waals surface area contributed by atoms with Crippen molar-refractivity contribution >= 4 is 44.8 Å². The second kappa shape index (κ2) is 8.61. The zero-order valence-electron chi connectivity index (χ0n) is 13.3. The topological polar surface area (TPSA) is 21.3 Å². The lowest BCUT2D eigenvalue weighted by molar-refractivity contribution is 0.306. The van der Waals surface area contributed by atoms with Gasteiger partial charge >= 0.3 is 0 Å². The summed E-state index contributed by atoms with van der Waals surface area (Å²) in [7, 11) is 0. The number of nitrogens with one attached hydrogen (secondary N) is 1. The van der Waals surface area contributed by atoms with Gasteiger partial charge in [0.05, 0.1) is 5.02 Å². The van der Waals surface area contributed by atoms with Crippen LogP contribution in [0.25, 0.3) is 0 Å². The van der Waals surface area contributed by atoms with Crippen LogP contribution in [0.15, 0.2) is 71.2 Å². The molecular weight excluding hydrogens is 421 g/mol. The molecule has 2 nitrogen and oxygen atoms in total. The summed E-state index contributed by atoms with van der Waals surface area (Å²) in [5, 5.41) is 4.68. The Bertz CT molecular complexity index is 835. The van der Waals surface area contributed by atoms with E-state index in [1.165, 1.54) is 0 Å². The molecule has 128 valence electrons. The number of hydrogen-bond acceptors (Lipinski definition) is 2. The minimum atomic E-state index is 0.452. The van der Waals surface area contributed by atoms with E-state index in [0.29, 0.717) is 28.9 Å². The van der Waals surface area contributed by atoms with Crippen molar-refractivity contribution in [3.8, 4) is 5.75 Å². The number of anilines is 1. The lowest BCUT2D eigenvalue weighted by Gasteiger charge is -2.11. The van der Waals surface area contributed by atoms with Gasteiger partial charge in [0.2, 0.25) is 0 Å². The smallest absolute Gasteiger partial charge is 0.138 e. The van der Waals surface area contributed by atoms with Gasteiger partial charge in [0.25, 0.3) is 0 Å². The molecule has 0 saturated carbocycles. The van der Waals surface area contributed by atoms with Gasteiger partial charge in [0.15, 0.2) is 0 Å². The molecule has 3 aromatic rings. The molecule has 0 bridgehead atoms. The first-order valence-electron chi connectivity index (χ1n) is 7.75. The molecule has 0 aliphatic heterocycles. The van der Waals surface area contributed by atoms with Crippen LogP contribution in [-0.2, 0) is 13.2 Å². The van der Waals surface area contributed by atoms with Crippen LogP contribution in [0.5, 0.6) is 5.75 Å². The minimum absolute atomic E-state index is 0.452. The van der Waals surface area contributed by atoms with Crippen molar-refractivity contribution in [3.05, 3.63) is 92.4 Å². The summed E-state index contributed by atoms with van der Waals surface area (Å²) in [4.78, 5) is 0. The third kappa shape index (κ3) is 5.40. The van der Waals surface area contributed by atoms with Crippen molar-refractivity contribution in [1.29, 1.82) is 0 Å². The highest BCUT2D eigenvalue weighted by molar-refractivity contribution is 9.10. The summed E-state index contributed by atoms with van der Waals surface area (Å²) in [6.07, 6.45) is 0. The van der Waals surface area contributed by atoms with Gasteiger partial charge in [0.1, 0.15) is 12.4 Å². The molecule has 0 atom stereocenters. The number of hydrogen-bond donors (Lipinski definition) is 1. The van der Waals surface area contributed by atoms with E-state index >= 15 is 0 Å². The summed E-state index contributed by atoms with van der Waals surface area (Å²) in [5.74, 6) is 0.670. The minimum Gasteiger partial charge on any atom is -0.487 e. The zero-order chi connectivity index (χ0) is 17.6. The normalized spacial score (nSPS) is 10.5. The monoisotopic (exact) mass is 435 g/mol. The molecule has 0 spiro atoms. The van der Waals surface area contributed by atoms with Gasteiger partial charge in [-0.15, -0.1) is 0 Å². The van der Waals surface area contributed by atoms with Gasteiger partial charge in [-0.2, -0.15) is 0 Å². The predicted octanol–water partition coefficient (Wildman–Crippen LogP) is 6.95. The Hall–Kier alpha value is -1.68. The second-order valence-electron chi connectivity index (χ2n) is 5.54. The fourth-order valence-corrected chi connectivity index (χ4v) is 2.93. The number of rotatable bonds is 6. The fraction of sp³-hybridized carbons (Fsp3) is 0.100. The third-order valence-electron chi connectivity index (χ3n) is 3.64. The van der Waals surface area contributed by atoms with Crippen LogP contribution < -0.4 is 10.1 Å². The maximum Gasteiger partial charge on any atom is 0.138 e. The average Bonchev–Trinajstić information content (AvgIpc) is 2.62. The maximum absolute atomic E-state index is 6.34. The first-order valence-corrected chi connectivity index (χ1v) is 9.30. The molecule has 0 aliphatic carbocycles. The third-order valence-corrected chi connectivity index (χ3v) is 4.72. The van der Waals surface area contributed by atoms with E-state index in [-0.39, 0.29) is 0 Å².